The van der Waals surface area contributed by atoms with Gasteiger partial charge in [0.2, 0.25) is 31.9 Å². The Bertz CT molecular complexity index is 2550. The zero-order valence-electron chi connectivity index (χ0n) is 42.8. The minimum absolute atomic E-state index is 0.0305. The van der Waals surface area contributed by atoms with E-state index in [1.807, 2.05) is 50.5 Å². The summed E-state index contributed by atoms with van der Waals surface area (Å²) in [6.45, 7) is 5.62. The van der Waals surface area contributed by atoms with Gasteiger partial charge in [-0.3, -0.25) is 19.4 Å². The number of hydrogen-bond acceptors (Lipinski definition) is 14. The Labute approximate surface area is 466 Å². The molecule has 2 heterocycles. The van der Waals surface area contributed by atoms with Crippen LogP contribution in [0.4, 0.5) is 0 Å². The molecule has 4 aromatic carbocycles. The number of carbonyl (C=O) groups excluding carboxylic acids is 2. The third kappa shape index (κ3) is 19.1. The number of likely N-dealkylation sites (N-methyl/N-ethyl adjacent to an activating group) is 2. The number of amides is 2. The fraction of sp³-hybridized carbons (Fsp3) is 0.500. The van der Waals surface area contributed by atoms with Crippen molar-refractivity contribution in [1.82, 2.24) is 29.9 Å². The van der Waals surface area contributed by atoms with Gasteiger partial charge < -0.3 is 39.1 Å². The highest BCUT2D eigenvalue weighted by Crippen LogP contribution is 2.42. The Morgan fingerprint density at radius 1 is 0.487 bits per heavy atom. The zero-order valence-corrected chi connectivity index (χ0v) is 47.4. The molecular formula is C52H68Cl4N6O12S2. The molecule has 24 heteroatoms. The van der Waals surface area contributed by atoms with E-state index in [1.165, 1.54) is 0 Å². The van der Waals surface area contributed by atoms with E-state index in [1.54, 1.807) is 36.4 Å². The summed E-state index contributed by atoms with van der Waals surface area (Å²) in [7, 11) is -3.46. The lowest BCUT2D eigenvalue weighted by Gasteiger charge is -2.35. The molecule has 18 nitrogen and oxygen atoms in total. The number of benzene rings is 4. The van der Waals surface area contributed by atoms with E-state index in [0.29, 0.717) is 59.7 Å². The summed E-state index contributed by atoms with van der Waals surface area (Å²) >= 11 is 25.7. The van der Waals surface area contributed by atoms with Crippen molar-refractivity contribution in [2.45, 2.75) is 47.6 Å². The molecule has 2 atom stereocenters. The molecule has 418 valence electrons. The van der Waals surface area contributed by atoms with Crippen molar-refractivity contribution in [2.24, 2.45) is 0 Å². The highest BCUT2D eigenvalue weighted by Gasteiger charge is 2.31. The fourth-order valence-electron chi connectivity index (χ4n) is 8.77. The molecule has 0 saturated carbocycles. The first-order chi connectivity index (χ1) is 36.5. The number of ether oxygens (including phenoxy) is 6. The van der Waals surface area contributed by atoms with Crippen molar-refractivity contribution in [3.05, 3.63) is 126 Å². The van der Waals surface area contributed by atoms with Crippen molar-refractivity contribution >= 4 is 78.3 Å². The molecule has 2 aliphatic rings. The first-order valence-corrected chi connectivity index (χ1v) is 29.6. The van der Waals surface area contributed by atoms with Crippen molar-refractivity contribution in [2.75, 3.05) is 133 Å². The number of hydrogen-bond donors (Lipinski definition) is 4. The van der Waals surface area contributed by atoms with E-state index in [4.69, 9.17) is 74.8 Å². The first-order valence-electron chi connectivity index (χ1n) is 25.1. The van der Waals surface area contributed by atoms with Crippen LogP contribution in [0.3, 0.4) is 0 Å². The van der Waals surface area contributed by atoms with Crippen LogP contribution >= 0.6 is 46.4 Å². The van der Waals surface area contributed by atoms with Crippen LogP contribution < -0.4 is 20.1 Å². The molecule has 0 bridgehead atoms. The van der Waals surface area contributed by atoms with Gasteiger partial charge in [-0.2, -0.15) is 0 Å². The van der Waals surface area contributed by atoms with Gasteiger partial charge in [0.15, 0.2) is 0 Å². The van der Waals surface area contributed by atoms with Crippen LogP contribution in [0.25, 0.3) is 0 Å². The van der Waals surface area contributed by atoms with Crippen LogP contribution in [0.1, 0.15) is 58.3 Å². The molecule has 4 N–H and O–H groups in total. The van der Waals surface area contributed by atoms with Crippen LogP contribution in [0.15, 0.2) is 82.6 Å². The number of sulfonamides is 2. The van der Waals surface area contributed by atoms with Crippen LogP contribution in [0.5, 0.6) is 0 Å². The van der Waals surface area contributed by atoms with E-state index < -0.39 is 20.0 Å². The summed E-state index contributed by atoms with van der Waals surface area (Å²) < 4.78 is 89.8. The molecule has 2 unspecified atom stereocenters. The summed E-state index contributed by atoms with van der Waals surface area (Å²) in [6, 6.07) is 20.7. The maximum absolute atomic E-state index is 12.9. The van der Waals surface area contributed by atoms with Gasteiger partial charge in [0.05, 0.1) is 101 Å². The second kappa shape index (κ2) is 31.3. The molecule has 0 spiro atoms. The molecule has 0 radical (unpaired) electrons. The maximum atomic E-state index is 12.9. The number of nitrogens with zero attached hydrogens (tertiary/aromatic N) is 2. The quantitative estimate of drug-likeness (QED) is 0.0414. The van der Waals surface area contributed by atoms with Crippen molar-refractivity contribution in [3.8, 4) is 0 Å². The van der Waals surface area contributed by atoms with Crippen molar-refractivity contribution in [1.29, 1.82) is 0 Å². The Morgan fingerprint density at radius 2 is 0.803 bits per heavy atom. The van der Waals surface area contributed by atoms with E-state index in [-0.39, 0.29) is 112 Å². The second-order valence-corrected chi connectivity index (χ2v) is 23.2. The summed E-state index contributed by atoms with van der Waals surface area (Å²) in [5.74, 6) is -0.543. The third-order valence-corrected chi connectivity index (χ3v) is 16.6. The minimum atomic E-state index is -3.75. The minimum Gasteiger partial charge on any atom is -0.378 e. The lowest BCUT2D eigenvalue weighted by Crippen LogP contribution is -2.33. The summed E-state index contributed by atoms with van der Waals surface area (Å²) in [5, 5.41) is 7.79. The summed E-state index contributed by atoms with van der Waals surface area (Å²) in [6.07, 6.45) is 1.71. The van der Waals surface area contributed by atoms with Gasteiger partial charge in [-0.05, 0) is 109 Å². The summed E-state index contributed by atoms with van der Waals surface area (Å²) in [4.78, 5) is 29.0. The van der Waals surface area contributed by atoms with Gasteiger partial charge in [0.25, 0.3) is 0 Å². The maximum Gasteiger partial charge on any atom is 0.240 e. The molecule has 2 amide bonds. The number of nitrogens with one attached hydrogen (secondary N) is 4. The van der Waals surface area contributed by atoms with Gasteiger partial charge in [0, 0.05) is 72.2 Å². The zero-order chi connectivity index (χ0) is 54.5. The smallest absolute Gasteiger partial charge is 0.240 e. The van der Waals surface area contributed by atoms with Gasteiger partial charge in [-0.15, -0.1) is 0 Å². The molecule has 6 rings (SSSR count). The molecule has 0 aliphatic carbocycles. The lowest BCUT2D eigenvalue weighted by molar-refractivity contribution is -0.126. The predicted molar refractivity (Wildman–Crippen MR) is 293 cm³/mol. The van der Waals surface area contributed by atoms with Gasteiger partial charge >= 0.3 is 0 Å². The lowest BCUT2D eigenvalue weighted by atomic mass is 9.88. The van der Waals surface area contributed by atoms with Crippen LogP contribution in [0, 0.1) is 0 Å². The average molecular weight is 1180 g/mol. The third-order valence-electron chi connectivity index (χ3n) is 12.5. The van der Waals surface area contributed by atoms with Crippen LogP contribution in [0.2, 0.25) is 20.1 Å². The van der Waals surface area contributed by atoms with E-state index >= 15 is 0 Å². The highest BCUT2D eigenvalue weighted by atomic mass is 35.5. The fourth-order valence-corrected chi connectivity index (χ4v) is 12.1. The second-order valence-electron chi connectivity index (χ2n) is 18.0. The Balaban J connectivity index is 0.682. The first kappa shape index (κ1) is 61.7. The number of halogens is 4. The average Bonchev–Trinajstić information content (AvgIpc) is 3.40. The molecule has 2 aliphatic heterocycles. The van der Waals surface area contributed by atoms with Gasteiger partial charge in [0.1, 0.15) is 0 Å². The summed E-state index contributed by atoms with van der Waals surface area (Å²) in [5.41, 5.74) is 6.01. The van der Waals surface area contributed by atoms with Gasteiger partial charge in [-0.25, -0.2) is 26.3 Å². The largest absolute Gasteiger partial charge is 0.378 e. The van der Waals surface area contributed by atoms with E-state index in [9.17, 15) is 26.4 Å². The predicted octanol–water partition coefficient (Wildman–Crippen LogP) is 5.82. The monoisotopic (exact) mass is 1170 g/mol. The number of carbonyl (C=O) groups is 2. The van der Waals surface area contributed by atoms with E-state index in [0.717, 1.165) is 59.3 Å². The Morgan fingerprint density at radius 3 is 1.14 bits per heavy atom. The highest BCUT2D eigenvalue weighted by molar-refractivity contribution is 7.89. The molecule has 76 heavy (non-hydrogen) atoms. The Hall–Kier alpha value is -3.52. The van der Waals surface area contributed by atoms with Crippen LogP contribution in [-0.2, 0) is 70.9 Å². The van der Waals surface area contributed by atoms with E-state index in [2.05, 4.69) is 29.9 Å². The normalized spacial score (nSPS) is 16.1. The standard InChI is InChI=1S/C52H68Cl4N6O12S2/c1-61-19-13-39-33-41(53)35-45(55)49(39)51(61)37-3-7-43(8-4-37)75(65,66)59-17-23-71-27-31-73-29-25-69-21-15-57-47(63)11-12-48(64)58-16-22-70-26-30-74-32-28-72-24-18-60-76(67,68)44-9-5-38(6-10-44)52-50-40(14-20-62(52)2)34-42(54)36-46(50)56/h3-10,33-36,51-52,59-60H,11-32H2,1-2H3,(H,57,63)(H,58,64). The molecule has 0 fully saturated rings. The van der Waals surface area contributed by atoms with Gasteiger partial charge in [-0.1, -0.05) is 70.7 Å². The van der Waals surface area contributed by atoms with Crippen LogP contribution in [-0.4, -0.2) is 171 Å². The molecular weight excluding hydrogens is 1110 g/mol. The molecule has 0 saturated heterocycles. The SMILES string of the molecule is CN1CCc2cc(Cl)cc(Cl)c2C1c1ccc(S(=O)(=O)NCCOCCOCCOCCNC(=O)CCC(=O)NCCOCCOCCOCCNS(=O)(=O)c2ccc(C3c4c(Cl)cc(Cl)cc4CCN3C)cc2)cc1. The molecule has 4 aromatic rings. The molecule has 0 aromatic heterocycles. The number of rotatable bonds is 33. The van der Waals surface area contributed by atoms with Crippen molar-refractivity contribution < 1.29 is 54.8 Å². The Kier molecular flexibility index (Phi) is 25.4. The number of fused-ring (bicyclic) bond motifs is 2. The topological polar surface area (TPSA) is 212 Å². The van der Waals surface area contributed by atoms with Crippen molar-refractivity contribution in [3.63, 3.8) is 0 Å².